The Labute approximate surface area is 90.9 Å². The van der Waals surface area contributed by atoms with Crippen LogP contribution in [-0.4, -0.2) is 46.2 Å². The Morgan fingerprint density at radius 3 is 2.25 bits per heavy atom. The summed E-state index contributed by atoms with van der Waals surface area (Å²) in [5.41, 5.74) is 0. The highest BCUT2D eigenvalue weighted by molar-refractivity contribution is 6.06. The van der Waals surface area contributed by atoms with Gasteiger partial charge in [-0.3, -0.25) is 24.1 Å². The van der Waals surface area contributed by atoms with Gasteiger partial charge >= 0.3 is 5.97 Å². The second-order valence-corrected chi connectivity index (χ2v) is 3.66. The van der Waals surface area contributed by atoms with Gasteiger partial charge in [-0.2, -0.15) is 5.06 Å². The predicted molar refractivity (Wildman–Crippen MR) is 48.4 cm³/mol. The van der Waals surface area contributed by atoms with E-state index in [0.29, 0.717) is 0 Å². The van der Waals surface area contributed by atoms with E-state index in [1.807, 2.05) is 0 Å². The molecule has 0 bridgehead atoms. The van der Waals surface area contributed by atoms with Crippen molar-refractivity contribution < 1.29 is 24.0 Å². The van der Waals surface area contributed by atoms with Crippen LogP contribution in [0.3, 0.4) is 0 Å². The highest BCUT2D eigenvalue weighted by Gasteiger charge is 2.49. The van der Waals surface area contributed by atoms with Crippen LogP contribution in [0.15, 0.2) is 0 Å². The van der Waals surface area contributed by atoms with E-state index in [0.717, 1.165) is 9.96 Å². The lowest BCUT2D eigenvalue weighted by Crippen LogP contribution is -2.64. The molecule has 0 aromatic rings. The maximum Gasteiger partial charge on any atom is 0.329 e. The average Bonchev–Trinajstić information content (AvgIpc) is 2.53. The quantitative estimate of drug-likeness (QED) is 0.437. The van der Waals surface area contributed by atoms with Crippen molar-refractivity contribution in [2.75, 3.05) is 6.54 Å². The van der Waals surface area contributed by atoms with Crippen molar-refractivity contribution in [1.82, 2.24) is 9.96 Å². The van der Waals surface area contributed by atoms with Gasteiger partial charge in [0.1, 0.15) is 6.04 Å². The minimum atomic E-state index is -0.790. The van der Waals surface area contributed by atoms with E-state index in [9.17, 15) is 19.2 Å². The molecule has 2 saturated heterocycles. The molecule has 0 aromatic heterocycles. The van der Waals surface area contributed by atoms with Crippen LogP contribution in [-0.2, 0) is 24.0 Å². The Hall–Kier alpha value is -1.92. The standard InChI is InChI=1S/C9H10N2O5/c1-5(12)16-10-4-6(9(10)15)11-7(13)2-3-8(11)14/h6H,2-4H2,1H3. The SMILES string of the molecule is CC(=O)ON1CC(N2C(=O)CCC2=O)C1=O. The highest BCUT2D eigenvalue weighted by atomic mass is 16.7. The fraction of sp³-hybridized carbons (Fsp3) is 0.556. The number of carbonyl (C=O) groups excluding carboxylic acids is 4. The molecule has 0 aliphatic carbocycles. The number of nitrogens with zero attached hydrogens (tertiary/aromatic N) is 2. The Balaban J connectivity index is 2.00. The van der Waals surface area contributed by atoms with Crippen molar-refractivity contribution in [3.63, 3.8) is 0 Å². The van der Waals surface area contributed by atoms with Crippen LogP contribution in [0.2, 0.25) is 0 Å². The summed E-state index contributed by atoms with van der Waals surface area (Å²) >= 11 is 0. The predicted octanol–water partition coefficient (Wildman–Crippen LogP) is -1.18. The van der Waals surface area contributed by atoms with Gasteiger partial charge in [-0.1, -0.05) is 0 Å². The maximum atomic E-state index is 11.5. The lowest BCUT2D eigenvalue weighted by atomic mass is 10.1. The van der Waals surface area contributed by atoms with Crippen LogP contribution < -0.4 is 0 Å². The van der Waals surface area contributed by atoms with Gasteiger partial charge in [0.25, 0.3) is 5.91 Å². The highest BCUT2D eigenvalue weighted by Crippen LogP contribution is 2.23. The van der Waals surface area contributed by atoms with Crippen molar-refractivity contribution in [1.29, 1.82) is 0 Å². The molecule has 7 nitrogen and oxygen atoms in total. The third-order valence-corrected chi connectivity index (χ3v) is 2.51. The van der Waals surface area contributed by atoms with Crippen LogP contribution in [0.4, 0.5) is 0 Å². The number of amides is 3. The zero-order valence-electron chi connectivity index (χ0n) is 8.63. The molecular weight excluding hydrogens is 216 g/mol. The van der Waals surface area contributed by atoms with Crippen molar-refractivity contribution in [2.24, 2.45) is 0 Å². The summed E-state index contributed by atoms with van der Waals surface area (Å²) in [5.74, 6) is -1.82. The second kappa shape index (κ2) is 3.58. The number of hydrogen-bond acceptors (Lipinski definition) is 5. The molecule has 0 aromatic carbocycles. The van der Waals surface area contributed by atoms with Gasteiger partial charge in [0.2, 0.25) is 11.8 Å². The Morgan fingerprint density at radius 2 is 1.81 bits per heavy atom. The van der Waals surface area contributed by atoms with Crippen LogP contribution in [0.5, 0.6) is 0 Å². The molecule has 2 heterocycles. The van der Waals surface area contributed by atoms with E-state index in [1.165, 1.54) is 6.92 Å². The molecule has 3 amide bonds. The maximum absolute atomic E-state index is 11.5. The number of hydrogen-bond donors (Lipinski definition) is 0. The third kappa shape index (κ3) is 1.54. The van der Waals surface area contributed by atoms with Crippen LogP contribution >= 0.6 is 0 Å². The fourth-order valence-corrected chi connectivity index (χ4v) is 1.75. The minimum absolute atomic E-state index is 0.0654. The molecule has 86 valence electrons. The van der Waals surface area contributed by atoms with Crippen molar-refractivity contribution in [3.05, 3.63) is 0 Å². The summed E-state index contributed by atoms with van der Waals surface area (Å²) in [6.45, 7) is 1.24. The van der Waals surface area contributed by atoms with E-state index >= 15 is 0 Å². The largest absolute Gasteiger partial charge is 0.338 e. The van der Waals surface area contributed by atoms with Crippen LogP contribution in [0.25, 0.3) is 0 Å². The molecule has 2 aliphatic heterocycles. The van der Waals surface area contributed by atoms with E-state index in [2.05, 4.69) is 4.84 Å². The normalized spacial score (nSPS) is 24.8. The minimum Gasteiger partial charge on any atom is -0.338 e. The first-order valence-corrected chi connectivity index (χ1v) is 4.85. The van der Waals surface area contributed by atoms with E-state index in [4.69, 9.17) is 0 Å². The monoisotopic (exact) mass is 226 g/mol. The lowest BCUT2D eigenvalue weighted by Gasteiger charge is -2.39. The molecule has 7 heteroatoms. The average molecular weight is 226 g/mol. The van der Waals surface area contributed by atoms with E-state index in [1.54, 1.807) is 0 Å². The first kappa shape index (κ1) is 10.6. The zero-order valence-corrected chi connectivity index (χ0v) is 8.63. The molecule has 2 fully saturated rings. The number of β-lactam (4-membered cyclic amide) rings is 1. The van der Waals surface area contributed by atoms with E-state index < -0.39 is 17.9 Å². The fourth-order valence-electron chi connectivity index (χ4n) is 1.75. The summed E-state index contributed by atoms with van der Waals surface area (Å²) in [6, 6.07) is -0.790. The van der Waals surface area contributed by atoms with Gasteiger partial charge in [0.15, 0.2) is 0 Å². The van der Waals surface area contributed by atoms with Crippen molar-refractivity contribution >= 4 is 23.7 Å². The smallest absolute Gasteiger partial charge is 0.329 e. The molecule has 2 rings (SSSR count). The molecule has 2 aliphatic rings. The Bertz CT molecular complexity index is 375. The van der Waals surface area contributed by atoms with Gasteiger partial charge in [-0.15, -0.1) is 0 Å². The summed E-state index contributed by atoms with van der Waals surface area (Å²) in [4.78, 5) is 50.2. The van der Waals surface area contributed by atoms with Gasteiger partial charge in [0, 0.05) is 19.8 Å². The number of carbonyl (C=O) groups is 4. The summed E-state index contributed by atoms with van der Waals surface area (Å²) in [5, 5.41) is 0.853. The Morgan fingerprint density at radius 1 is 1.25 bits per heavy atom. The third-order valence-electron chi connectivity index (χ3n) is 2.51. The molecule has 1 atom stereocenters. The Kier molecular flexibility index (Phi) is 2.37. The number of imide groups is 1. The van der Waals surface area contributed by atoms with Gasteiger partial charge in [-0.25, -0.2) is 0 Å². The summed E-state index contributed by atoms with van der Waals surface area (Å²) < 4.78 is 0. The van der Waals surface area contributed by atoms with Crippen LogP contribution in [0.1, 0.15) is 19.8 Å². The lowest BCUT2D eigenvalue weighted by molar-refractivity contribution is -0.220. The van der Waals surface area contributed by atoms with E-state index in [-0.39, 0.29) is 31.2 Å². The molecule has 16 heavy (non-hydrogen) atoms. The molecule has 0 N–H and O–H groups in total. The molecule has 0 saturated carbocycles. The topological polar surface area (TPSA) is 84.0 Å². The van der Waals surface area contributed by atoms with Crippen LogP contribution in [0, 0.1) is 0 Å². The molecule has 0 spiro atoms. The number of likely N-dealkylation sites (tertiary alicyclic amines) is 1. The van der Waals surface area contributed by atoms with Gasteiger partial charge in [0.05, 0.1) is 6.54 Å². The zero-order chi connectivity index (χ0) is 11.9. The first-order chi connectivity index (χ1) is 7.50. The van der Waals surface area contributed by atoms with Gasteiger partial charge in [-0.05, 0) is 0 Å². The summed E-state index contributed by atoms with van der Waals surface area (Å²) in [6.07, 6.45) is 0.298. The number of hydroxylamine groups is 2. The molecule has 0 radical (unpaired) electrons. The second-order valence-electron chi connectivity index (χ2n) is 3.66. The summed E-state index contributed by atoms with van der Waals surface area (Å²) in [7, 11) is 0. The molecular formula is C9H10N2O5. The van der Waals surface area contributed by atoms with Gasteiger partial charge < -0.3 is 4.84 Å². The van der Waals surface area contributed by atoms with Crippen molar-refractivity contribution in [3.8, 4) is 0 Å². The van der Waals surface area contributed by atoms with Crippen molar-refractivity contribution in [2.45, 2.75) is 25.8 Å². The molecule has 1 unspecified atom stereocenters. The first-order valence-electron chi connectivity index (χ1n) is 4.85. The number of rotatable bonds is 2.